The van der Waals surface area contributed by atoms with E-state index in [2.05, 4.69) is 18.2 Å². The molecule has 0 fully saturated rings. The van der Waals surface area contributed by atoms with Gasteiger partial charge in [-0.25, -0.2) is 4.98 Å². The Balaban J connectivity index is 1.69. The number of methoxy groups -OCH3 is 3. The van der Waals surface area contributed by atoms with E-state index >= 15 is 0 Å². The molecule has 32 heavy (non-hydrogen) atoms. The topological polar surface area (TPSA) is 71.8 Å². The van der Waals surface area contributed by atoms with Gasteiger partial charge < -0.3 is 18.9 Å². The first kappa shape index (κ1) is 23.8. The largest absolute Gasteiger partial charge is 0.493 e. The molecule has 0 saturated heterocycles. The predicted octanol–water partition coefficient (Wildman–Crippen LogP) is 3.91. The van der Waals surface area contributed by atoms with Gasteiger partial charge in [-0.1, -0.05) is 6.92 Å². The molecule has 1 atom stereocenters. The van der Waals surface area contributed by atoms with E-state index in [1.165, 1.54) is 0 Å². The van der Waals surface area contributed by atoms with Crippen molar-refractivity contribution in [2.75, 3.05) is 39.9 Å². The van der Waals surface area contributed by atoms with Gasteiger partial charge in [0.2, 0.25) is 10.6 Å². The van der Waals surface area contributed by atoms with Gasteiger partial charge >= 0.3 is 5.56 Å². The molecule has 3 rings (SSSR count). The minimum absolute atomic E-state index is 0.0643. The van der Waals surface area contributed by atoms with E-state index in [1.54, 1.807) is 44.2 Å². The number of nitrogens with zero attached hydrogens (tertiary/aromatic N) is 2. The summed E-state index contributed by atoms with van der Waals surface area (Å²) in [4.78, 5) is 18.4. The molecule has 1 aromatic carbocycles. The number of benzene rings is 1. The summed E-state index contributed by atoms with van der Waals surface area (Å²) in [6.45, 7) is 3.26. The van der Waals surface area contributed by atoms with Crippen LogP contribution in [-0.4, -0.2) is 49.5 Å². The second-order valence-corrected chi connectivity index (χ2v) is 9.41. The number of hydrogen-bond donors (Lipinski definition) is 0. The summed E-state index contributed by atoms with van der Waals surface area (Å²) in [6.07, 6.45) is 5.55. The SMILES string of the molecule is CCCn1c(=O)c([S+](C)CCCOc2cc(OC)c(OC)c(OC)c2)cc2cccnc21. The van der Waals surface area contributed by atoms with E-state index in [1.807, 2.05) is 18.2 Å². The predicted molar refractivity (Wildman–Crippen MR) is 129 cm³/mol. The average Bonchev–Trinajstić information content (AvgIpc) is 2.82. The highest BCUT2D eigenvalue weighted by Crippen LogP contribution is 2.40. The van der Waals surface area contributed by atoms with Crippen LogP contribution in [0.4, 0.5) is 0 Å². The molecule has 3 aromatic rings. The quantitative estimate of drug-likeness (QED) is 0.320. The highest BCUT2D eigenvalue weighted by molar-refractivity contribution is 7.96. The van der Waals surface area contributed by atoms with Crippen LogP contribution in [0, 0.1) is 0 Å². The third-order valence-electron chi connectivity index (χ3n) is 5.14. The number of ether oxygens (including phenoxy) is 4. The van der Waals surface area contributed by atoms with Gasteiger partial charge in [0, 0.05) is 53.6 Å². The van der Waals surface area contributed by atoms with Crippen molar-refractivity contribution in [3.05, 3.63) is 46.9 Å². The molecule has 0 N–H and O–H groups in total. The molecule has 0 aliphatic heterocycles. The molecular weight excluding hydrogens is 428 g/mol. The van der Waals surface area contributed by atoms with Crippen molar-refractivity contribution in [1.82, 2.24) is 9.55 Å². The van der Waals surface area contributed by atoms with Gasteiger partial charge in [0.05, 0.1) is 27.9 Å². The summed E-state index contributed by atoms with van der Waals surface area (Å²) >= 11 is 0. The average molecular weight is 460 g/mol. The second-order valence-electron chi connectivity index (χ2n) is 7.29. The molecule has 0 aliphatic rings. The smallest absolute Gasteiger partial charge is 0.307 e. The first-order valence-electron chi connectivity index (χ1n) is 10.6. The lowest BCUT2D eigenvalue weighted by Crippen LogP contribution is -2.28. The Bertz CT molecular complexity index is 1090. The molecule has 7 nitrogen and oxygen atoms in total. The van der Waals surface area contributed by atoms with Gasteiger partial charge in [-0.2, -0.15) is 0 Å². The van der Waals surface area contributed by atoms with Gasteiger partial charge in [0.15, 0.2) is 11.5 Å². The van der Waals surface area contributed by atoms with E-state index in [9.17, 15) is 4.79 Å². The molecule has 172 valence electrons. The van der Waals surface area contributed by atoms with Crippen LogP contribution in [-0.2, 0) is 17.4 Å². The van der Waals surface area contributed by atoms with Crippen LogP contribution in [0.2, 0.25) is 0 Å². The van der Waals surface area contributed by atoms with Gasteiger partial charge in [0.25, 0.3) is 0 Å². The van der Waals surface area contributed by atoms with Crippen molar-refractivity contribution in [3.63, 3.8) is 0 Å². The summed E-state index contributed by atoms with van der Waals surface area (Å²) in [5.41, 5.74) is 0.820. The van der Waals surface area contributed by atoms with Crippen molar-refractivity contribution >= 4 is 21.9 Å². The van der Waals surface area contributed by atoms with E-state index in [-0.39, 0.29) is 16.5 Å². The molecule has 0 amide bonds. The Labute approximate surface area is 191 Å². The summed E-state index contributed by atoms with van der Waals surface area (Å²) in [5, 5.41) is 1.00. The van der Waals surface area contributed by atoms with Crippen LogP contribution in [0.5, 0.6) is 23.0 Å². The molecule has 0 saturated carbocycles. The molecule has 2 aromatic heterocycles. The lowest BCUT2D eigenvalue weighted by molar-refractivity contribution is 0.299. The van der Waals surface area contributed by atoms with Crippen molar-refractivity contribution in [2.45, 2.75) is 31.2 Å². The van der Waals surface area contributed by atoms with Crippen molar-refractivity contribution < 1.29 is 18.9 Å². The van der Waals surface area contributed by atoms with E-state index in [4.69, 9.17) is 18.9 Å². The van der Waals surface area contributed by atoms with E-state index in [0.717, 1.165) is 34.5 Å². The first-order chi connectivity index (χ1) is 15.5. The molecule has 0 radical (unpaired) electrons. The Hall–Kier alpha value is -2.87. The number of fused-ring (bicyclic) bond motifs is 1. The number of aryl methyl sites for hydroxylation is 1. The third-order valence-corrected chi connectivity index (χ3v) is 7.08. The first-order valence-corrected chi connectivity index (χ1v) is 12.4. The fourth-order valence-corrected chi connectivity index (χ4v) is 5.08. The lowest BCUT2D eigenvalue weighted by Gasteiger charge is -2.14. The molecular formula is C24H31N2O5S+. The van der Waals surface area contributed by atoms with Crippen LogP contribution in [0.1, 0.15) is 19.8 Å². The summed E-state index contributed by atoms with van der Waals surface area (Å²) in [6, 6.07) is 9.49. The number of rotatable bonds is 11. The standard InChI is InChI=1S/C24H31N2O5S/c1-6-11-26-23-17(9-7-10-25-23)14-21(24(26)27)32(5)13-8-12-31-18-15-19(28-2)22(30-4)20(16-18)29-3/h7,9-10,14-16H,6,8,11-13H2,1-5H3/q+1. The van der Waals surface area contributed by atoms with Crippen LogP contribution < -0.4 is 24.5 Å². The summed E-state index contributed by atoms with van der Waals surface area (Å²) < 4.78 is 23.8. The summed E-state index contributed by atoms with van der Waals surface area (Å²) in [5.74, 6) is 3.15. The van der Waals surface area contributed by atoms with Crippen LogP contribution in [0.3, 0.4) is 0 Å². The van der Waals surface area contributed by atoms with Crippen molar-refractivity contribution in [2.24, 2.45) is 0 Å². The van der Waals surface area contributed by atoms with E-state index < -0.39 is 0 Å². The summed E-state index contributed by atoms with van der Waals surface area (Å²) in [7, 11) is 4.52. The maximum absolute atomic E-state index is 13.1. The molecule has 0 aliphatic carbocycles. The normalized spacial score (nSPS) is 11.9. The fourth-order valence-electron chi connectivity index (χ4n) is 3.58. The minimum atomic E-state index is -0.200. The monoisotopic (exact) mass is 459 g/mol. The fraction of sp³-hybridized carbons (Fsp3) is 0.417. The highest BCUT2D eigenvalue weighted by atomic mass is 32.2. The number of aromatic nitrogens is 2. The molecule has 2 heterocycles. The lowest BCUT2D eigenvalue weighted by atomic mass is 10.2. The molecule has 8 heteroatoms. The zero-order chi connectivity index (χ0) is 23.1. The minimum Gasteiger partial charge on any atom is -0.493 e. The second kappa shape index (κ2) is 11.1. The molecule has 0 spiro atoms. The van der Waals surface area contributed by atoms with E-state index in [0.29, 0.717) is 36.1 Å². The molecule has 1 unspecified atom stereocenters. The Morgan fingerprint density at radius 2 is 1.78 bits per heavy atom. The van der Waals surface area contributed by atoms with Crippen molar-refractivity contribution in [3.8, 4) is 23.0 Å². The van der Waals surface area contributed by atoms with Gasteiger partial charge in [-0.15, -0.1) is 0 Å². The van der Waals surface area contributed by atoms with Crippen LogP contribution >= 0.6 is 0 Å². The Kier molecular flexibility index (Phi) is 8.27. The third kappa shape index (κ3) is 5.12. The van der Waals surface area contributed by atoms with Crippen molar-refractivity contribution in [1.29, 1.82) is 0 Å². The zero-order valence-corrected chi connectivity index (χ0v) is 20.2. The zero-order valence-electron chi connectivity index (χ0n) is 19.3. The molecule has 0 bridgehead atoms. The number of pyridine rings is 2. The Morgan fingerprint density at radius 1 is 1.06 bits per heavy atom. The van der Waals surface area contributed by atoms with Crippen LogP contribution in [0.15, 0.2) is 46.2 Å². The maximum atomic E-state index is 13.1. The highest BCUT2D eigenvalue weighted by Gasteiger charge is 2.23. The maximum Gasteiger partial charge on any atom is 0.307 e. The van der Waals surface area contributed by atoms with Gasteiger partial charge in [-0.05, 0) is 18.6 Å². The Morgan fingerprint density at radius 3 is 2.41 bits per heavy atom. The van der Waals surface area contributed by atoms with Gasteiger partial charge in [0.1, 0.15) is 23.4 Å². The van der Waals surface area contributed by atoms with Gasteiger partial charge in [-0.3, -0.25) is 9.36 Å². The van der Waals surface area contributed by atoms with Crippen LogP contribution in [0.25, 0.3) is 11.0 Å². The number of hydrogen-bond acceptors (Lipinski definition) is 6.